The van der Waals surface area contributed by atoms with Crippen LogP contribution in [0.5, 0.6) is 5.75 Å². The Morgan fingerprint density at radius 2 is 1.90 bits per heavy atom. The van der Waals surface area contributed by atoms with Crippen LogP contribution < -0.4 is 15.8 Å². The van der Waals surface area contributed by atoms with Crippen LogP contribution in [0.25, 0.3) is 0 Å². The lowest BCUT2D eigenvalue weighted by Gasteiger charge is -2.20. The highest BCUT2D eigenvalue weighted by molar-refractivity contribution is 5.78. The van der Waals surface area contributed by atoms with Crippen LogP contribution in [0, 0.1) is 0 Å². The second-order valence-corrected chi connectivity index (χ2v) is 6.24. The molecule has 4 heteroatoms. The molecular formula is C17H29N3O. The number of guanidine groups is 1. The van der Waals surface area contributed by atoms with E-state index < -0.39 is 0 Å². The van der Waals surface area contributed by atoms with Crippen molar-refractivity contribution in [2.75, 3.05) is 13.2 Å². The molecule has 0 fully saturated rings. The van der Waals surface area contributed by atoms with E-state index in [2.05, 4.69) is 50.1 Å². The molecule has 118 valence electrons. The van der Waals surface area contributed by atoms with Gasteiger partial charge < -0.3 is 15.8 Å². The molecule has 0 radical (unpaired) electrons. The van der Waals surface area contributed by atoms with Crippen LogP contribution in [-0.4, -0.2) is 24.7 Å². The molecule has 0 aromatic heterocycles. The Bertz CT molecular complexity index is 432. The Balaban J connectivity index is 2.37. The molecule has 0 saturated carbocycles. The van der Waals surface area contributed by atoms with Gasteiger partial charge in [-0.3, -0.25) is 4.99 Å². The smallest absolute Gasteiger partial charge is 0.188 e. The summed E-state index contributed by atoms with van der Waals surface area (Å²) in [6.07, 6.45) is 3.12. The van der Waals surface area contributed by atoms with Crippen molar-refractivity contribution in [2.24, 2.45) is 10.7 Å². The molecule has 0 heterocycles. The lowest BCUT2D eigenvalue weighted by molar-refractivity contribution is 0.309. The predicted molar refractivity (Wildman–Crippen MR) is 89.9 cm³/mol. The van der Waals surface area contributed by atoms with Gasteiger partial charge in [-0.25, -0.2) is 0 Å². The summed E-state index contributed by atoms with van der Waals surface area (Å²) in [4.78, 5) is 4.34. The van der Waals surface area contributed by atoms with Crippen molar-refractivity contribution in [2.45, 2.75) is 52.5 Å². The molecule has 21 heavy (non-hydrogen) atoms. The average molecular weight is 291 g/mol. The van der Waals surface area contributed by atoms with Gasteiger partial charge in [0.2, 0.25) is 0 Å². The number of unbranched alkanes of at least 4 members (excludes halogenated alkanes) is 1. The molecule has 3 N–H and O–H groups in total. The summed E-state index contributed by atoms with van der Waals surface area (Å²) in [5.41, 5.74) is 7.03. The topological polar surface area (TPSA) is 59.6 Å². The zero-order valence-electron chi connectivity index (χ0n) is 13.8. The van der Waals surface area contributed by atoms with Crippen LogP contribution in [0.1, 0.15) is 46.1 Å². The van der Waals surface area contributed by atoms with E-state index in [1.807, 2.05) is 12.1 Å². The second-order valence-electron chi connectivity index (χ2n) is 6.24. The molecule has 0 aliphatic rings. The van der Waals surface area contributed by atoms with Crippen molar-refractivity contribution in [1.82, 2.24) is 5.32 Å². The van der Waals surface area contributed by atoms with Crippen LogP contribution in [0.2, 0.25) is 0 Å². The van der Waals surface area contributed by atoms with E-state index in [1.54, 1.807) is 0 Å². The van der Waals surface area contributed by atoms with Crippen molar-refractivity contribution in [3.63, 3.8) is 0 Å². The third-order valence-electron chi connectivity index (χ3n) is 2.88. The van der Waals surface area contributed by atoms with E-state index in [1.165, 1.54) is 5.56 Å². The summed E-state index contributed by atoms with van der Waals surface area (Å²) < 4.78 is 5.64. The SMILES string of the molecule is CCCCOc1ccc(CCN=C(N)NC(C)(C)C)cc1. The highest BCUT2D eigenvalue weighted by atomic mass is 16.5. The van der Waals surface area contributed by atoms with E-state index in [9.17, 15) is 0 Å². The number of benzene rings is 1. The maximum absolute atomic E-state index is 5.84. The lowest BCUT2D eigenvalue weighted by Crippen LogP contribution is -2.45. The first-order valence-corrected chi connectivity index (χ1v) is 7.70. The summed E-state index contributed by atoms with van der Waals surface area (Å²) in [5, 5.41) is 3.15. The normalized spacial score (nSPS) is 12.3. The minimum absolute atomic E-state index is 0.0505. The number of nitrogens with zero attached hydrogens (tertiary/aromatic N) is 1. The first-order chi connectivity index (χ1) is 9.90. The number of aliphatic imine (C=N–C) groups is 1. The largest absolute Gasteiger partial charge is 0.494 e. The Labute approximate surface area is 128 Å². The van der Waals surface area contributed by atoms with Gasteiger partial charge in [-0.15, -0.1) is 0 Å². The predicted octanol–water partition coefficient (Wildman–Crippen LogP) is 3.11. The van der Waals surface area contributed by atoms with Crippen molar-refractivity contribution < 1.29 is 4.74 Å². The third kappa shape index (κ3) is 8.23. The van der Waals surface area contributed by atoms with Gasteiger partial charge in [-0.1, -0.05) is 25.5 Å². The van der Waals surface area contributed by atoms with Gasteiger partial charge in [0, 0.05) is 12.1 Å². The summed E-state index contributed by atoms with van der Waals surface area (Å²) in [7, 11) is 0. The highest BCUT2D eigenvalue weighted by Gasteiger charge is 2.09. The number of nitrogens with two attached hydrogens (primary N) is 1. The summed E-state index contributed by atoms with van der Waals surface area (Å²) in [6.45, 7) is 9.82. The zero-order chi connectivity index (χ0) is 15.7. The number of ether oxygens (including phenoxy) is 1. The number of hydrogen-bond acceptors (Lipinski definition) is 2. The Morgan fingerprint density at radius 1 is 1.24 bits per heavy atom. The number of nitrogens with one attached hydrogen (secondary N) is 1. The molecule has 0 spiro atoms. The molecule has 0 aliphatic carbocycles. The average Bonchev–Trinajstić information content (AvgIpc) is 2.39. The van der Waals surface area contributed by atoms with Gasteiger partial charge in [0.15, 0.2) is 5.96 Å². The molecule has 0 amide bonds. The molecule has 1 aromatic carbocycles. The minimum Gasteiger partial charge on any atom is -0.494 e. The Kier molecular flexibility index (Phi) is 7.06. The Hall–Kier alpha value is -1.71. The van der Waals surface area contributed by atoms with Gasteiger partial charge in [0.05, 0.1) is 6.61 Å². The summed E-state index contributed by atoms with van der Waals surface area (Å²) in [5.74, 6) is 1.44. The van der Waals surface area contributed by atoms with E-state index >= 15 is 0 Å². The maximum Gasteiger partial charge on any atom is 0.188 e. The van der Waals surface area contributed by atoms with E-state index in [-0.39, 0.29) is 5.54 Å². The van der Waals surface area contributed by atoms with E-state index in [0.717, 1.165) is 31.6 Å². The Morgan fingerprint density at radius 3 is 2.48 bits per heavy atom. The van der Waals surface area contributed by atoms with Gasteiger partial charge in [0.25, 0.3) is 0 Å². The standard InChI is InChI=1S/C17H29N3O/c1-5-6-13-21-15-9-7-14(8-10-15)11-12-19-16(18)20-17(2,3)4/h7-10H,5-6,11-13H2,1-4H3,(H3,18,19,20). The fourth-order valence-electron chi connectivity index (χ4n) is 1.82. The summed E-state index contributed by atoms with van der Waals surface area (Å²) >= 11 is 0. The van der Waals surface area contributed by atoms with Gasteiger partial charge in [-0.2, -0.15) is 0 Å². The molecule has 1 aromatic rings. The molecule has 0 unspecified atom stereocenters. The first kappa shape index (κ1) is 17.3. The van der Waals surface area contributed by atoms with E-state index in [0.29, 0.717) is 12.5 Å². The van der Waals surface area contributed by atoms with Crippen LogP contribution in [0.15, 0.2) is 29.3 Å². The molecule has 0 atom stereocenters. The van der Waals surface area contributed by atoms with Crippen molar-refractivity contribution in [3.05, 3.63) is 29.8 Å². The molecule has 0 bridgehead atoms. The monoisotopic (exact) mass is 291 g/mol. The third-order valence-corrected chi connectivity index (χ3v) is 2.88. The van der Waals surface area contributed by atoms with Crippen LogP contribution in [-0.2, 0) is 6.42 Å². The molecule has 4 nitrogen and oxygen atoms in total. The lowest BCUT2D eigenvalue weighted by atomic mass is 10.1. The molecule has 0 aliphatic heterocycles. The first-order valence-electron chi connectivity index (χ1n) is 7.70. The van der Waals surface area contributed by atoms with Crippen LogP contribution in [0.3, 0.4) is 0 Å². The zero-order valence-corrected chi connectivity index (χ0v) is 13.8. The van der Waals surface area contributed by atoms with Crippen molar-refractivity contribution in [1.29, 1.82) is 0 Å². The second kappa shape index (κ2) is 8.55. The highest BCUT2D eigenvalue weighted by Crippen LogP contribution is 2.13. The van der Waals surface area contributed by atoms with Gasteiger partial charge in [0.1, 0.15) is 5.75 Å². The number of rotatable bonds is 7. The van der Waals surface area contributed by atoms with Crippen LogP contribution in [0.4, 0.5) is 0 Å². The minimum atomic E-state index is -0.0505. The maximum atomic E-state index is 5.84. The molecular weight excluding hydrogens is 262 g/mol. The van der Waals surface area contributed by atoms with Gasteiger partial charge >= 0.3 is 0 Å². The fraction of sp³-hybridized carbons (Fsp3) is 0.588. The molecule has 0 saturated heterocycles. The van der Waals surface area contributed by atoms with Crippen molar-refractivity contribution in [3.8, 4) is 5.75 Å². The van der Waals surface area contributed by atoms with E-state index in [4.69, 9.17) is 10.5 Å². The fourth-order valence-corrected chi connectivity index (χ4v) is 1.82. The van der Waals surface area contributed by atoms with Gasteiger partial charge in [-0.05, 0) is 51.3 Å². The molecule has 1 rings (SSSR count). The quantitative estimate of drug-likeness (QED) is 0.461. The van der Waals surface area contributed by atoms with Crippen molar-refractivity contribution >= 4 is 5.96 Å². The number of hydrogen-bond donors (Lipinski definition) is 2. The summed E-state index contributed by atoms with van der Waals surface area (Å²) in [6, 6.07) is 8.21. The van der Waals surface area contributed by atoms with Crippen LogP contribution >= 0.6 is 0 Å².